The van der Waals surface area contributed by atoms with Crippen molar-refractivity contribution in [3.63, 3.8) is 0 Å². The standard InChI is InChI=1S/C10H12ClNO2/c1-6-3-4-7(5-8(6)11)10(2,12)9(13)14/h3-5H,12H2,1-2H3,(H,13,14). The zero-order valence-electron chi connectivity index (χ0n) is 8.04. The second-order valence-electron chi connectivity index (χ2n) is 3.47. The van der Waals surface area contributed by atoms with Gasteiger partial charge in [0.25, 0.3) is 0 Å². The molecule has 0 aliphatic heterocycles. The lowest BCUT2D eigenvalue weighted by atomic mass is 9.93. The Labute approximate surface area is 87.5 Å². The minimum absolute atomic E-state index is 0.501. The van der Waals surface area contributed by atoms with E-state index >= 15 is 0 Å². The summed E-state index contributed by atoms with van der Waals surface area (Å²) in [6.45, 7) is 3.29. The molecule has 1 rings (SSSR count). The van der Waals surface area contributed by atoms with Crippen LogP contribution in [0.2, 0.25) is 5.02 Å². The molecule has 0 bridgehead atoms. The quantitative estimate of drug-likeness (QED) is 0.789. The molecule has 0 aromatic heterocycles. The van der Waals surface area contributed by atoms with Crippen molar-refractivity contribution in [2.24, 2.45) is 5.73 Å². The van der Waals surface area contributed by atoms with Crippen LogP contribution >= 0.6 is 11.6 Å². The molecule has 0 saturated carbocycles. The number of halogens is 1. The van der Waals surface area contributed by atoms with E-state index < -0.39 is 11.5 Å². The molecule has 0 fully saturated rings. The van der Waals surface area contributed by atoms with Gasteiger partial charge in [0.15, 0.2) is 0 Å². The van der Waals surface area contributed by atoms with Gasteiger partial charge in [-0.1, -0.05) is 23.7 Å². The summed E-state index contributed by atoms with van der Waals surface area (Å²) in [5, 5.41) is 9.41. The minimum Gasteiger partial charge on any atom is -0.480 e. The molecule has 0 aliphatic rings. The summed E-state index contributed by atoms with van der Waals surface area (Å²) in [6, 6.07) is 5.02. The Balaban J connectivity index is 3.21. The van der Waals surface area contributed by atoms with Crippen molar-refractivity contribution in [2.75, 3.05) is 0 Å². The number of hydrogen-bond donors (Lipinski definition) is 2. The van der Waals surface area contributed by atoms with E-state index in [4.69, 9.17) is 22.4 Å². The first kappa shape index (κ1) is 11.0. The topological polar surface area (TPSA) is 63.3 Å². The maximum atomic E-state index is 10.8. The van der Waals surface area contributed by atoms with Gasteiger partial charge in [0, 0.05) is 5.02 Å². The molecule has 1 unspecified atom stereocenters. The van der Waals surface area contributed by atoms with Gasteiger partial charge in [0.2, 0.25) is 0 Å². The van der Waals surface area contributed by atoms with Crippen LogP contribution in [0.4, 0.5) is 0 Å². The summed E-state index contributed by atoms with van der Waals surface area (Å²) in [4.78, 5) is 10.8. The van der Waals surface area contributed by atoms with Gasteiger partial charge >= 0.3 is 5.97 Å². The predicted molar refractivity (Wildman–Crippen MR) is 55.4 cm³/mol. The molecule has 1 aromatic rings. The number of aryl methyl sites for hydroxylation is 1. The molecule has 3 N–H and O–H groups in total. The lowest BCUT2D eigenvalue weighted by Crippen LogP contribution is -2.41. The van der Waals surface area contributed by atoms with E-state index in [0.717, 1.165) is 5.56 Å². The van der Waals surface area contributed by atoms with Crippen LogP contribution in [0.15, 0.2) is 18.2 Å². The van der Waals surface area contributed by atoms with Crippen LogP contribution in [0.3, 0.4) is 0 Å². The first-order chi connectivity index (χ1) is 6.35. The first-order valence-electron chi connectivity index (χ1n) is 4.14. The highest BCUT2D eigenvalue weighted by atomic mass is 35.5. The van der Waals surface area contributed by atoms with E-state index in [1.165, 1.54) is 6.92 Å². The lowest BCUT2D eigenvalue weighted by Gasteiger charge is -2.20. The van der Waals surface area contributed by atoms with Crippen molar-refractivity contribution in [1.82, 2.24) is 0 Å². The Bertz CT molecular complexity index is 374. The van der Waals surface area contributed by atoms with Gasteiger partial charge in [-0.3, -0.25) is 0 Å². The maximum absolute atomic E-state index is 10.8. The summed E-state index contributed by atoms with van der Waals surface area (Å²) >= 11 is 5.88. The molecular weight excluding hydrogens is 202 g/mol. The van der Waals surface area contributed by atoms with Gasteiger partial charge < -0.3 is 10.8 Å². The summed E-state index contributed by atoms with van der Waals surface area (Å²) < 4.78 is 0. The van der Waals surface area contributed by atoms with Crippen molar-refractivity contribution >= 4 is 17.6 Å². The van der Waals surface area contributed by atoms with Crippen LogP contribution in [0, 0.1) is 6.92 Å². The van der Waals surface area contributed by atoms with Crippen LogP contribution in [0.1, 0.15) is 18.1 Å². The fourth-order valence-electron chi connectivity index (χ4n) is 1.04. The third kappa shape index (κ3) is 1.89. The molecule has 1 aromatic carbocycles. The van der Waals surface area contributed by atoms with Gasteiger partial charge in [0.05, 0.1) is 0 Å². The molecule has 14 heavy (non-hydrogen) atoms. The summed E-state index contributed by atoms with van der Waals surface area (Å²) in [6.07, 6.45) is 0. The molecule has 4 heteroatoms. The van der Waals surface area contributed by atoms with Crippen molar-refractivity contribution in [3.05, 3.63) is 34.3 Å². The molecule has 0 spiro atoms. The monoisotopic (exact) mass is 213 g/mol. The molecule has 0 radical (unpaired) electrons. The first-order valence-corrected chi connectivity index (χ1v) is 4.52. The van der Waals surface area contributed by atoms with E-state index in [9.17, 15) is 4.79 Å². The van der Waals surface area contributed by atoms with Crippen LogP contribution in [-0.4, -0.2) is 11.1 Å². The average molecular weight is 214 g/mol. The number of carboxylic acid groups (broad SMARTS) is 1. The highest BCUT2D eigenvalue weighted by Gasteiger charge is 2.30. The molecule has 0 aliphatic carbocycles. The number of aliphatic carboxylic acids is 1. The van der Waals surface area contributed by atoms with Crippen LogP contribution < -0.4 is 5.73 Å². The molecule has 1 atom stereocenters. The van der Waals surface area contributed by atoms with Crippen LogP contribution in [0.25, 0.3) is 0 Å². The van der Waals surface area contributed by atoms with E-state index in [2.05, 4.69) is 0 Å². The SMILES string of the molecule is Cc1ccc(C(C)(N)C(=O)O)cc1Cl. The van der Waals surface area contributed by atoms with E-state index in [1.807, 2.05) is 6.92 Å². The van der Waals surface area contributed by atoms with Crippen molar-refractivity contribution in [2.45, 2.75) is 19.4 Å². The Kier molecular flexibility index (Phi) is 2.83. The largest absolute Gasteiger partial charge is 0.480 e. The molecule has 0 heterocycles. The van der Waals surface area contributed by atoms with Gasteiger partial charge in [-0.05, 0) is 31.0 Å². The zero-order valence-corrected chi connectivity index (χ0v) is 8.80. The van der Waals surface area contributed by atoms with Crippen molar-refractivity contribution < 1.29 is 9.90 Å². The lowest BCUT2D eigenvalue weighted by molar-refractivity contribution is -0.143. The number of nitrogens with two attached hydrogens (primary N) is 1. The number of benzene rings is 1. The zero-order chi connectivity index (χ0) is 10.9. The Morgan fingerprint density at radius 3 is 2.57 bits per heavy atom. The molecule has 0 saturated heterocycles. The van der Waals surface area contributed by atoms with Gasteiger partial charge in [0.1, 0.15) is 5.54 Å². The van der Waals surface area contributed by atoms with Crippen molar-refractivity contribution in [1.29, 1.82) is 0 Å². The summed E-state index contributed by atoms with van der Waals surface area (Å²) in [5.74, 6) is -1.07. The molecule has 3 nitrogen and oxygen atoms in total. The summed E-state index contributed by atoms with van der Waals surface area (Å²) in [7, 11) is 0. The third-order valence-corrected chi connectivity index (χ3v) is 2.62. The molecular formula is C10H12ClNO2. The second-order valence-corrected chi connectivity index (χ2v) is 3.88. The number of carboxylic acids is 1. The maximum Gasteiger partial charge on any atom is 0.328 e. The van der Waals surface area contributed by atoms with Crippen LogP contribution in [-0.2, 0) is 10.3 Å². The van der Waals surface area contributed by atoms with Crippen LogP contribution in [0.5, 0.6) is 0 Å². The molecule has 76 valence electrons. The number of carbonyl (C=O) groups is 1. The summed E-state index contributed by atoms with van der Waals surface area (Å²) in [5.41, 5.74) is 5.65. The van der Waals surface area contributed by atoms with Crippen molar-refractivity contribution in [3.8, 4) is 0 Å². The Morgan fingerprint density at radius 1 is 1.57 bits per heavy atom. The second kappa shape index (κ2) is 3.59. The van der Waals surface area contributed by atoms with E-state index in [1.54, 1.807) is 18.2 Å². The highest BCUT2D eigenvalue weighted by molar-refractivity contribution is 6.31. The smallest absolute Gasteiger partial charge is 0.328 e. The van der Waals surface area contributed by atoms with E-state index in [-0.39, 0.29) is 0 Å². The third-order valence-electron chi connectivity index (χ3n) is 2.22. The van der Waals surface area contributed by atoms with E-state index in [0.29, 0.717) is 10.6 Å². The Morgan fingerprint density at radius 2 is 2.14 bits per heavy atom. The average Bonchev–Trinajstić information content (AvgIpc) is 2.09. The van der Waals surface area contributed by atoms with Gasteiger partial charge in [-0.15, -0.1) is 0 Å². The number of rotatable bonds is 2. The highest BCUT2D eigenvalue weighted by Crippen LogP contribution is 2.23. The van der Waals surface area contributed by atoms with Gasteiger partial charge in [-0.25, -0.2) is 4.79 Å². The molecule has 0 amide bonds. The minimum atomic E-state index is -1.39. The van der Waals surface area contributed by atoms with Gasteiger partial charge in [-0.2, -0.15) is 0 Å². The normalized spacial score (nSPS) is 14.9. The predicted octanol–water partition coefficient (Wildman–Crippen LogP) is 1.91. The number of hydrogen-bond acceptors (Lipinski definition) is 2. The Hall–Kier alpha value is -1.06. The fraction of sp³-hybridized carbons (Fsp3) is 0.300. The fourth-order valence-corrected chi connectivity index (χ4v) is 1.22.